The summed E-state index contributed by atoms with van der Waals surface area (Å²) >= 11 is 0. The van der Waals surface area contributed by atoms with E-state index in [4.69, 9.17) is 4.74 Å². The molecule has 0 unspecified atom stereocenters. The lowest BCUT2D eigenvalue weighted by molar-refractivity contribution is 0.286. The van der Waals surface area contributed by atoms with Crippen LogP contribution in [0.4, 0.5) is 10.3 Å². The highest BCUT2D eigenvalue weighted by Gasteiger charge is 2.20. The van der Waals surface area contributed by atoms with E-state index in [9.17, 15) is 9.18 Å². The van der Waals surface area contributed by atoms with Crippen LogP contribution in [0.5, 0.6) is 5.75 Å². The van der Waals surface area contributed by atoms with E-state index in [-0.39, 0.29) is 24.0 Å². The third kappa shape index (κ3) is 3.67. The molecule has 1 N–H and O–H groups in total. The minimum absolute atomic E-state index is 0.123. The van der Waals surface area contributed by atoms with Gasteiger partial charge in [0.15, 0.2) is 0 Å². The van der Waals surface area contributed by atoms with Crippen molar-refractivity contribution in [2.75, 3.05) is 11.9 Å². The second-order valence-corrected chi connectivity index (χ2v) is 7.71. The fraction of sp³-hybridized carbons (Fsp3) is 0.348. The van der Waals surface area contributed by atoms with Gasteiger partial charge in [-0.15, -0.1) is 0 Å². The number of aryl methyl sites for hydroxylation is 1. The number of benzene rings is 1. The Morgan fingerprint density at radius 1 is 1.23 bits per heavy atom. The van der Waals surface area contributed by atoms with Crippen molar-refractivity contribution in [3.8, 4) is 16.9 Å². The smallest absolute Gasteiger partial charge is 0.263 e. The van der Waals surface area contributed by atoms with Crippen LogP contribution in [0, 0.1) is 12.7 Å². The molecule has 0 radical (unpaired) electrons. The highest BCUT2D eigenvalue weighted by molar-refractivity contribution is 5.64. The van der Waals surface area contributed by atoms with Gasteiger partial charge in [0.05, 0.1) is 12.2 Å². The number of fused-ring (bicyclic) bond motifs is 1. The molecule has 4 rings (SSSR count). The number of nitrogens with one attached hydrogen (secondary N) is 1. The van der Waals surface area contributed by atoms with Crippen LogP contribution >= 0.6 is 0 Å². The van der Waals surface area contributed by atoms with E-state index in [1.54, 1.807) is 29.1 Å². The van der Waals surface area contributed by atoms with Gasteiger partial charge in [-0.2, -0.15) is 0 Å². The number of hydrogen-bond acceptors (Lipinski definition) is 5. The first kappa shape index (κ1) is 20.1. The van der Waals surface area contributed by atoms with Crippen molar-refractivity contribution >= 4 is 5.95 Å². The monoisotopic (exact) mass is 408 g/mol. The first-order valence-electron chi connectivity index (χ1n) is 10.2. The SMILES string of the molecule is Cc1ncccc1-c1cnc(NCc2c(F)ccc3c2CCCO3)n(C(C)C)c1=O. The third-order valence-corrected chi connectivity index (χ3v) is 5.39. The number of nitrogens with zero attached hydrogens (tertiary/aromatic N) is 3. The van der Waals surface area contributed by atoms with Crippen LogP contribution in [0.25, 0.3) is 11.1 Å². The second-order valence-electron chi connectivity index (χ2n) is 7.71. The lowest BCUT2D eigenvalue weighted by atomic mass is 9.99. The van der Waals surface area contributed by atoms with E-state index in [1.165, 1.54) is 6.07 Å². The molecule has 0 saturated carbocycles. The first-order valence-corrected chi connectivity index (χ1v) is 10.2. The van der Waals surface area contributed by atoms with Crippen LogP contribution in [0.3, 0.4) is 0 Å². The van der Waals surface area contributed by atoms with Crippen molar-refractivity contribution in [3.05, 3.63) is 69.7 Å². The molecule has 0 spiro atoms. The molecule has 0 aliphatic carbocycles. The van der Waals surface area contributed by atoms with Crippen molar-refractivity contribution in [1.82, 2.24) is 14.5 Å². The number of ether oxygens (including phenoxy) is 1. The van der Waals surface area contributed by atoms with E-state index in [0.29, 0.717) is 23.7 Å². The normalized spacial score (nSPS) is 13.1. The van der Waals surface area contributed by atoms with E-state index < -0.39 is 0 Å². The highest BCUT2D eigenvalue weighted by Crippen LogP contribution is 2.30. The van der Waals surface area contributed by atoms with E-state index in [2.05, 4.69) is 15.3 Å². The Hall–Kier alpha value is -3.22. The predicted octanol–water partition coefficient (Wildman–Crippen LogP) is 4.27. The predicted molar refractivity (Wildman–Crippen MR) is 114 cm³/mol. The summed E-state index contributed by atoms with van der Waals surface area (Å²) in [6, 6.07) is 6.66. The van der Waals surface area contributed by atoms with Crippen molar-refractivity contribution in [1.29, 1.82) is 0 Å². The van der Waals surface area contributed by atoms with Crippen LogP contribution in [0.15, 0.2) is 41.5 Å². The molecule has 156 valence electrons. The molecular formula is C23H25FN4O2. The molecule has 0 amide bonds. The fourth-order valence-electron chi connectivity index (χ4n) is 3.87. The number of halogens is 1. The minimum atomic E-state index is -0.284. The van der Waals surface area contributed by atoms with Gasteiger partial charge < -0.3 is 10.1 Å². The lowest BCUT2D eigenvalue weighted by Gasteiger charge is -2.22. The fourth-order valence-corrected chi connectivity index (χ4v) is 3.87. The molecule has 0 fully saturated rings. The molecule has 0 bridgehead atoms. The number of anilines is 1. The Balaban J connectivity index is 1.70. The minimum Gasteiger partial charge on any atom is -0.493 e. The summed E-state index contributed by atoms with van der Waals surface area (Å²) in [6.07, 6.45) is 4.89. The first-order chi connectivity index (χ1) is 14.5. The summed E-state index contributed by atoms with van der Waals surface area (Å²) in [4.78, 5) is 22.0. The van der Waals surface area contributed by atoms with Gasteiger partial charge in [-0.3, -0.25) is 14.3 Å². The molecule has 30 heavy (non-hydrogen) atoms. The second kappa shape index (κ2) is 8.26. The molecule has 6 nitrogen and oxygen atoms in total. The van der Waals surface area contributed by atoms with Gasteiger partial charge in [0.1, 0.15) is 11.6 Å². The Morgan fingerprint density at radius 3 is 2.83 bits per heavy atom. The average molecular weight is 408 g/mol. The van der Waals surface area contributed by atoms with Crippen molar-refractivity contribution < 1.29 is 9.13 Å². The maximum atomic E-state index is 14.6. The summed E-state index contributed by atoms with van der Waals surface area (Å²) in [5, 5.41) is 3.18. The Morgan fingerprint density at radius 2 is 2.07 bits per heavy atom. The molecule has 1 aliphatic heterocycles. The quantitative estimate of drug-likeness (QED) is 0.683. The topological polar surface area (TPSA) is 69.0 Å². The number of rotatable bonds is 5. The molecular weight excluding hydrogens is 383 g/mol. The van der Waals surface area contributed by atoms with Crippen LogP contribution in [0.1, 0.15) is 43.1 Å². The largest absolute Gasteiger partial charge is 0.493 e. The van der Waals surface area contributed by atoms with Crippen LogP contribution in [-0.4, -0.2) is 21.1 Å². The van der Waals surface area contributed by atoms with Crippen LogP contribution in [0.2, 0.25) is 0 Å². The molecule has 2 aromatic heterocycles. The zero-order valence-corrected chi connectivity index (χ0v) is 17.4. The summed E-state index contributed by atoms with van der Waals surface area (Å²) < 4.78 is 21.8. The summed E-state index contributed by atoms with van der Waals surface area (Å²) in [5.41, 5.74) is 3.31. The number of aromatic nitrogens is 3. The van der Waals surface area contributed by atoms with Gasteiger partial charge in [-0.05, 0) is 51.8 Å². The van der Waals surface area contributed by atoms with Gasteiger partial charge in [0.25, 0.3) is 5.56 Å². The van der Waals surface area contributed by atoms with Gasteiger partial charge in [0, 0.05) is 47.4 Å². The summed E-state index contributed by atoms with van der Waals surface area (Å²) in [6.45, 7) is 6.59. The Kier molecular flexibility index (Phi) is 5.53. The molecule has 0 saturated heterocycles. The van der Waals surface area contributed by atoms with Crippen molar-refractivity contribution in [2.24, 2.45) is 0 Å². The molecule has 7 heteroatoms. The van der Waals surface area contributed by atoms with Gasteiger partial charge in [0.2, 0.25) is 5.95 Å². The molecule has 1 aliphatic rings. The summed E-state index contributed by atoms with van der Waals surface area (Å²) in [7, 11) is 0. The Bertz CT molecular complexity index is 1140. The van der Waals surface area contributed by atoms with Crippen molar-refractivity contribution in [2.45, 2.75) is 46.2 Å². The molecule has 0 atom stereocenters. The van der Waals surface area contributed by atoms with Gasteiger partial charge >= 0.3 is 0 Å². The lowest BCUT2D eigenvalue weighted by Crippen LogP contribution is -2.28. The maximum Gasteiger partial charge on any atom is 0.263 e. The van der Waals surface area contributed by atoms with Gasteiger partial charge in [-0.25, -0.2) is 9.37 Å². The van der Waals surface area contributed by atoms with Gasteiger partial charge in [-0.1, -0.05) is 6.07 Å². The van der Waals surface area contributed by atoms with E-state index >= 15 is 0 Å². The molecule has 3 heterocycles. The third-order valence-electron chi connectivity index (χ3n) is 5.39. The molecule has 1 aromatic carbocycles. The average Bonchev–Trinajstić information content (AvgIpc) is 2.73. The highest BCUT2D eigenvalue weighted by atomic mass is 19.1. The zero-order valence-electron chi connectivity index (χ0n) is 17.4. The van der Waals surface area contributed by atoms with Crippen LogP contribution < -0.4 is 15.6 Å². The van der Waals surface area contributed by atoms with Crippen molar-refractivity contribution in [3.63, 3.8) is 0 Å². The number of hydrogen-bond donors (Lipinski definition) is 1. The summed E-state index contributed by atoms with van der Waals surface area (Å²) in [5.74, 6) is 0.859. The van der Waals surface area contributed by atoms with Crippen LogP contribution in [-0.2, 0) is 13.0 Å². The maximum absolute atomic E-state index is 14.6. The zero-order chi connectivity index (χ0) is 21.3. The Labute approximate surface area is 174 Å². The molecule has 3 aromatic rings. The van der Waals surface area contributed by atoms with E-state index in [1.807, 2.05) is 26.8 Å². The number of pyridine rings is 1. The van der Waals surface area contributed by atoms with E-state index in [0.717, 1.165) is 35.4 Å². The standard InChI is InChI=1S/C23H25FN4O2/c1-14(2)28-22(29)19(16-6-4-10-25-15(16)3)13-27-23(28)26-12-18-17-7-5-11-30-21(17)9-8-20(18)24/h4,6,8-10,13-14H,5,7,11-12H2,1-3H3,(H,26,27).